The number of rotatable bonds is 4. The Morgan fingerprint density at radius 3 is 1.44 bits per heavy atom. The van der Waals surface area contributed by atoms with Gasteiger partial charge in [0.15, 0.2) is 0 Å². The molecule has 0 fully saturated rings. The summed E-state index contributed by atoms with van der Waals surface area (Å²) in [5.41, 5.74) is 12.5. The minimum Gasteiger partial charge on any atom is -0.309 e. The number of nitriles is 2. The van der Waals surface area contributed by atoms with Gasteiger partial charge in [-0.05, 0) is 72.8 Å². The van der Waals surface area contributed by atoms with Crippen LogP contribution in [0.3, 0.4) is 0 Å². The van der Waals surface area contributed by atoms with Gasteiger partial charge >= 0.3 is 0 Å². The summed E-state index contributed by atoms with van der Waals surface area (Å²) in [6.07, 6.45) is 0. The third kappa shape index (κ3) is 4.45. The molecule has 0 aliphatic carbocycles. The van der Waals surface area contributed by atoms with Gasteiger partial charge in [-0.3, -0.25) is 0 Å². The second-order valence-electron chi connectivity index (χ2n) is 14.0. The Hall–Kier alpha value is -7.86. The number of aromatic nitrogens is 3. The van der Waals surface area contributed by atoms with Gasteiger partial charge in [-0.2, -0.15) is 10.5 Å². The van der Waals surface area contributed by atoms with Crippen LogP contribution in [0.25, 0.3) is 93.6 Å². The van der Waals surface area contributed by atoms with Crippen molar-refractivity contribution in [2.75, 3.05) is 0 Å². The molecule has 0 N–H and O–H groups in total. The molecule has 3 aromatic heterocycles. The molecule has 3 heterocycles. The molecule has 0 unspecified atom stereocenters. The lowest BCUT2D eigenvalue weighted by Crippen LogP contribution is -2.00. The highest BCUT2D eigenvalue weighted by Gasteiger charge is 2.20. The first kappa shape index (κ1) is 30.7. The summed E-state index contributed by atoms with van der Waals surface area (Å²) >= 11 is 0. The predicted octanol–water partition coefficient (Wildman–Crippen LogP) is 12.4. The third-order valence-corrected chi connectivity index (χ3v) is 11.1. The maximum absolute atomic E-state index is 10.8. The molecular weight excluding hydrogens is 671 g/mol. The van der Waals surface area contributed by atoms with Crippen LogP contribution in [0.15, 0.2) is 176 Å². The topological polar surface area (TPSA) is 62.4 Å². The molecule has 0 aliphatic rings. The number of para-hydroxylation sites is 5. The van der Waals surface area contributed by atoms with Crippen molar-refractivity contribution >= 4 is 65.4 Å². The number of hydrogen-bond donors (Lipinski definition) is 0. The minimum atomic E-state index is 0.580. The van der Waals surface area contributed by atoms with Crippen molar-refractivity contribution in [1.82, 2.24) is 13.7 Å². The van der Waals surface area contributed by atoms with Gasteiger partial charge in [-0.1, -0.05) is 103 Å². The van der Waals surface area contributed by atoms with Gasteiger partial charge < -0.3 is 13.7 Å². The number of nitrogens with zero attached hydrogens (tertiary/aromatic N) is 5. The molecule has 0 spiro atoms. The Morgan fingerprint density at radius 2 is 0.818 bits per heavy atom. The summed E-state index contributed by atoms with van der Waals surface area (Å²) in [7, 11) is 0. The highest BCUT2D eigenvalue weighted by molar-refractivity contribution is 6.13. The fraction of sp³-hybridized carbons (Fsp3) is 0. The monoisotopic (exact) mass is 699 g/mol. The van der Waals surface area contributed by atoms with Gasteiger partial charge in [-0.25, -0.2) is 0 Å². The zero-order chi connectivity index (χ0) is 36.6. The van der Waals surface area contributed by atoms with Crippen LogP contribution in [0.4, 0.5) is 0 Å². The van der Waals surface area contributed by atoms with Crippen molar-refractivity contribution in [2.45, 2.75) is 0 Å². The average molecular weight is 700 g/mol. The van der Waals surface area contributed by atoms with E-state index in [1.807, 2.05) is 42.5 Å². The van der Waals surface area contributed by atoms with Crippen LogP contribution in [0.5, 0.6) is 0 Å². The van der Waals surface area contributed by atoms with E-state index in [1.54, 1.807) is 0 Å². The molecule has 5 heteroatoms. The van der Waals surface area contributed by atoms with Crippen LogP contribution in [-0.4, -0.2) is 13.7 Å². The van der Waals surface area contributed by atoms with Crippen molar-refractivity contribution in [3.05, 3.63) is 187 Å². The summed E-state index contributed by atoms with van der Waals surface area (Å²) in [6, 6.07) is 66.0. The molecule has 0 saturated heterocycles. The summed E-state index contributed by atoms with van der Waals surface area (Å²) in [4.78, 5) is 0. The van der Waals surface area contributed by atoms with Crippen molar-refractivity contribution in [3.63, 3.8) is 0 Å². The molecule has 11 aromatic rings. The quantitative estimate of drug-likeness (QED) is 0.184. The van der Waals surface area contributed by atoms with Crippen molar-refractivity contribution < 1.29 is 0 Å². The Balaban J connectivity index is 1.13. The van der Waals surface area contributed by atoms with E-state index in [0.29, 0.717) is 11.1 Å². The maximum Gasteiger partial charge on any atom is 0.0998 e. The zero-order valence-electron chi connectivity index (χ0n) is 29.5. The first-order valence-corrected chi connectivity index (χ1v) is 18.3. The molecule has 8 aromatic carbocycles. The molecule has 0 aliphatic heterocycles. The summed E-state index contributed by atoms with van der Waals surface area (Å²) in [5, 5.41) is 27.3. The molecule has 0 saturated carbocycles. The van der Waals surface area contributed by atoms with Gasteiger partial charge in [0, 0.05) is 54.8 Å². The molecule has 254 valence electrons. The molecular formula is C50H29N5. The Kier molecular flexibility index (Phi) is 6.61. The predicted molar refractivity (Wildman–Crippen MR) is 224 cm³/mol. The largest absolute Gasteiger partial charge is 0.309 e. The molecule has 0 atom stereocenters. The first-order chi connectivity index (χ1) is 27.2. The van der Waals surface area contributed by atoms with E-state index >= 15 is 0 Å². The first-order valence-electron chi connectivity index (χ1n) is 18.3. The summed E-state index contributed by atoms with van der Waals surface area (Å²) in [6.45, 7) is 0. The molecule has 5 nitrogen and oxygen atoms in total. The van der Waals surface area contributed by atoms with E-state index in [2.05, 4.69) is 159 Å². The fourth-order valence-electron chi connectivity index (χ4n) is 8.77. The second-order valence-corrected chi connectivity index (χ2v) is 14.0. The summed E-state index contributed by atoms with van der Waals surface area (Å²) < 4.78 is 6.90. The zero-order valence-corrected chi connectivity index (χ0v) is 29.5. The van der Waals surface area contributed by atoms with Crippen molar-refractivity contribution in [3.8, 4) is 40.3 Å². The third-order valence-electron chi connectivity index (χ3n) is 11.1. The minimum absolute atomic E-state index is 0.580. The summed E-state index contributed by atoms with van der Waals surface area (Å²) in [5.74, 6) is 0. The highest BCUT2D eigenvalue weighted by atomic mass is 15.0. The van der Waals surface area contributed by atoms with Crippen LogP contribution in [0.1, 0.15) is 11.1 Å². The second kappa shape index (κ2) is 11.8. The lowest BCUT2D eigenvalue weighted by atomic mass is 9.97. The standard InChI is InChI=1S/C50H29N5/c51-30-32-21-26-49-43(27-32)41-15-5-8-18-46(41)53(49)34-22-24-36(33(28-34)31-52)37-11-1-9-19-47(37)55-48-20-10-4-14-40(48)42-25-23-35(29-50(42)55)54-44-16-6-2-12-38(44)39-13-3-7-17-45(39)54/h1-29H. The highest BCUT2D eigenvalue weighted by Crippen LogP contribution is 2.40. The van der Waals surface area contributed by atoms with Gasteiger partial charge in [0.1, 0.15) is 0 Å². The smallest absolute Gasteiger partial charge is 0.0998 e. The van der Waals surface area contributed by atoms with E-state index in [4.69, 9.17) is 0 Å². The normalized spacial score (nSPS) is 11.6. The fourth-order valence-corrected chi connectivity index (χ4v) is 8.77. The average Bonchev–Trinajstić information content (AvgIpc) is 3.88. The van der Waals surface area contributed by atoms with Gasteiger partial charge in [0.05, 0.1) is 62.1 Å². The number of fused-ring (bicyclic) bond motifs is 9. The van der Waals surface area contributed by atoms with Crippen molar-refractivity contribution in [1.29, 1.82) is 10.5 Å². The Morgan fingerprint density at radius 1 is 0.327 bits per heavy atom. The molecule has 55 heavy (non-hydrogen) atoms. The van der Waals surface area contributed by atoms with Crippen LogP contribution < -0.4 is 0 Å². The van der Waals surface area contributed by atoms with Crippen LogP contribution in [-0.2, 0) is 0 Å². The van der Waals surface area contributed by atoms with Crippen LogP contribution in [0.2, 0.25) is 0 Å². The van der Waals surface area contributed by atoms with Crippen molar-refractivity contribution in [2.24, 2.45) is 0 Å². The maximum atomic E-state index is 10.8. The Labute approximate surface area is 316 Å². The van der Waals surface area contributed by atoms with Gasteiger partial charge in [-0.15, -0.1) is 0 Å². The molecule has 0 amide bonds. The lowest BCUT2D eigenvalue weighted by Gasteiger charge is -2.17. The van der Waals surface area contributed by atoms with E-state index in [1.165, 1.54) is 27.2 Å². The van der Waals surface area contributed by atoms with Gasteiger partial charge in [0.25, 0.3) is 0 Å². The van der Waals surface area contributed by atoms with Crippen LogP contribution in [0, 0.1) is 22.7 Å². The van der Waals surface area contributed by atoms with E-state index in [9.17, 15) is 10.5 Å². The number of benzene rings is 8. The molecule has 11 rings (SSSR count). The van der Waals surface area contributed by atoms with E-state index < -0.39 is 0 Å². The molecule has 0 radical (unpaired) electrons. The number of hydrogen-bond acceptors (Lipinski definition) is 2. The van der Waals surface area contributed by atoms with E-state index in [-0.39, 0.29) is 0 Å². The van der Waals surface area contributed by atoms with E-state index in [0.717, 1.165) is 66.4 Å². The lowest BCUT2D eigenvalue weighted by molar-refractivity contribution is 1.15. The van der Waals surface area contributed by atoms with Crippen LogP contribution >= 0.6 is 0 Å². The Bertz CT molecular complexity index is 3420. The molecule has 0 bridgehead atoms. The van der Waals surface area contributed by atoms with Gasteiger partial charge in [0.2, 0.25) is 0 Å². The SMILES string of the molecule is N#Cc1ccc2c(c1)c1ccccc1n2-c1ccc(-c2ccccc2-n2c3ccccc3c3ccc(-n4c5ccccc5c5ccccc54)cc32)c(C#N)c1.